The van der Waals surface area contributed by atoms with E-state index in [0.717, 1.165) is 24.8 Å². The van der Waals surface area contributed by atoms with Gasteiger partial charge < -0.3 is 9.64 Å². The minimum Gasteiger partial charge on any atom is -0.377 e. The van der Waals surface area contributed by atoms with Gasteiger partial charge in [-0.2, -0.15) is 0 Å². The molecule has 0 saturated carbocycles. The molecular formula is C13H14FNO2. The van der Waals surface area contributed by atoms with Crippen LogP contribution in [0.4, 0.5) is 10.1 Å². The van der Waals surface area contributed by atoms with Gasteiger partial charge in [-0.15, -0.1) is 0 Å². The van der Waals surface area contributed by atoms with Crippen molar-refractivity contribution in [2.45, 2.75) is 24.9 Å². The van der Waals surface area contributed by atoms with Crippen molar-refractivity contribution in [2.75, 3.05) is 18.1 Å². The molecule has 17 heavy (non-hydrogen) atoms. The van der Waals surface area contributed by atoms with E-state index in [1.807, 2.05) is 0 Å². The summed E-state index contributed by atoms with van der Waals surface area (Å²) in [5.74, 6) is -0.364. The van der Waals surface area contributed by atoms with Gasteiger partial charge in [0.1, 0.15) is 5.82 Å². The molecule has 3 rings (SSSR count). The van der Waals surface area contributed by atoms with E-state index < -0.39 is 0 Å². The highest BCUT2D eigenvalue weighted by atomic mass is 19.1. The maximum atomic E-state index is 13.1. The predicted octanol–water partition coefficient (Wildman–Crippen LogP) is 2.01. The largest absolute Gasteiger partial charge is 0.377 e. The highest BCUT2D eigenvalue weighted by molar-refractivity contribution is 5.85. The first-order valence-electron chi connectivity index (χ1n) is 5.90. The first-order valence-corrected chi connectivity index (χ1v) is 5.90. The summed E-state index contributed by atoms with van der Waals surface area (Å²) in [5, 5.41) is 0. The SMILES string of the molecule is O=Cc1cc(F)ccc1N1C2CCC1COC2. The van der Waals surface area contributed by atoms with Crippen molar-refractivity contribution in [1.82, 2.24) is 0 Å². The van der Waals surface area contributed by atoms with Crippen LogP contribution in [0.5, 0.6) is 0 Å². The second-order valence-corrected chi connectivity index (χ2v) is 4.65. The van der Waals surface area contributed by atoms with Crippen molar-refractivity contribution in [2.24, 2.45) is 0 Å². The number of hydrogen-bond donors (Lipinski definition) is 0. The fraction of sp³-hybridized carbons (Fsp3) is 0.462. The van der Waals surface area contributed by atoms with Gasteiger partial charge in [0, 0.05) is 11.3 Å². The maximum Gasteiger partial charge on any atom is 0.152 e. The van der Waals surface area contributed by atoms with Crippen LogP contribution in [-0.2, 0) is 4.74 Å². The first-order chi connectivity index (χ1) is 8.29. The third-order valence-electron chi connectivity index (χ3n) is 3.64. The number of halogens is 1. The molecule has 0 N–H and O–H groups in total. The summed E-state index contributed by atoms with van der Waals surface area (Å²) >= 11 is 0. The topological polar surface area (TPSA) is 29.5 Å². The predicted molar refractivity (Wildman–Crippen MR) is 61.9 cm³/mol. The fourth-order valence-electron chi connectivity index (χ4n) is 2.88. The second-order valence-electron chi connectivity index (χ2n) is 4.65. The molecule has 0 radical (unpaired) electrons. The number of fused-ring (bicyclic) bond motifs is 2. The van der Waals surface area contributed by atoms with Crippen LogP contribution in [0.2, 0.25) is 0 Å². The molecule has 0 amide bonds. The van der Waals surface area contributed by atoms with E-state index in [0.29, 0.717) is 30.9 Å². The lowest BCUT2D eigenvalue weighted by molar-refractivity contribution is 0.0904. The smallest absolute Gasteiger partial charge is 0.152 e. The number of carbonyl (C=O) groups excluding carboxylic acids is 1. The summed E-state index contributed by atoms with van der Waals surface area (Å²) in [5.41, 5.74) is 1.28. The number of anilines is 1. The van der Waals surface area contributed by atoms with Gasteiger partial charge in [-0.05, 0) is 31.0 Å². The molecule has 2 heterocycles. The number of benzene rings is 1. The summed E-state index contributed by atoms with van der Waals surface area (Å²) in [6.45, 7) is 1.40. The van der Waals surface area contributed by atoms with Crippen LogP contribution in [0.25, 0.3) is 0 Å². The lowest BCUT2D eigenvalue weighted by Crippen LogP contribution is -2.46. The molecule has 2 atom stereocenters. The number of morpholine rings is 1. The summed E-state index contributed by atoms with van der Waals surface area (Å²) in [6.07, 6.45) is 2.90. The molecular weight excluding hydrogens is 221 g/mol. The highest BCUT2D eigenvalue weighted by Gasteiger charge is 2.38. The van der Waals surface area contributed by atoms with E-state index in [-0.39, 0.29) is 5.82 Å². The monoisotopic (exact) mass is 235 g/mol. The lowest BCUT2D eigenvalue weighted by atomic mass is 10.1. The van der Waals surface area contributed by atoms with E-state index in [4.69, 9.17) is 4.74 Å². The van der Waals surface area contributed by atoms with Crippen molar-refractivity contribution in [3.63, 3.8) is 0 Å². The van der Waals surface area contributed by atoms with E-state index in [9.17, 15) is 9.18 Å². The zero-order valence-corrected chi connectivity index (χ0v) is 9.43. The van der Waals surface area contributed by atoms with Crippen LogP contribution in [0, 0.1) is 5.82 Å². The Morgan fingerprint density at radius 2 is 2.00 bits per heavy atom. The Hall–Kier alpha value is -1.42. The van der Waals surface area contributed by atoms with Crippen molar-refractivity contribution >= 4 is 12.0 Å². The molecule has 1 aromatic rings. The molecule has 2 unspecified atom stereocenters. The summed E-state index contributed by atoms with van der Waals surface area (Å²) in [7, 11) is 0. The van der Waals surface area contributed by atoms with Crippen LogP contribution in [0.3, 0.4) is 0 Å². The van der Waals surface area contributed by atoms with Gasteiger partial charge in [-0.1, -0.05) is 0 Å². The molecule has 0 aliphatic carbocycles. The van der Waals surface area contributed by atoms with Crippen molar-refractivity contribution in [1.29, 1.82) is 0 Å². The fourth-order valence-corrected chi connectivity index (χ4v) is 2.88. The van der Waals surface area contributed by atoms with Crippen LogP contribution in [0.1, 0.15) is 23.2 Å². The third kappa shape index (κ3) is 1.72. The van der Waals surface area contributed by atoms with Gasteiger partial charge in [0.05, 0.1) is 25.3 Å². The number of nitrogens with zero attached hydrogens (tertiary/aromatic N) is 1. The maximum absolute atomic E-state index is 13.1. The quantitative estimate of drug-likeness (QED) is 0.734. The van der Waals surface area contributed by atoms with Crippen molar-refractivity contribution < 1.29 is 13.9 Å². The Bertz CT molecular complexity index is 433. The molecule has 2 bridgehead atoms. The Kier molecular flexibility index (Phi) is 2.59. The molecule has 2 fully saturated rings. The van der Waals surface area contributed by atoms with Gasteiger partial charge in [0.2, 0.25) is 0 Å². The molecule has 1 aromatic carbocycles. The Morgan fingerprint density at radius 1 is 1.29 bits per heavy atom. The van der Waals surface area contributed by atoms with Crippen LogP contribution >= 0.6 is 0 Å². The van der Waals surface area contributed by atoms with Gasteiger partial charge in [-0.3, -0.25) is 4.79 Å². The lowest BCUT2D eigenvalue weighted by Gasteiger charge is -2.37. The second kappa shape index (κ2) is 4.11. The summed E-state index contributed by atoms with van der Waals surface area (Å²) in [6, 6.07) is 5.08. The van der Waals surface area contributed by atoms with Crippen molar-refractivity contribution in [3.8, 4) is 0 Å². The number of hydrogen-bond acceptors (Lipinski definition) is 3. The van der Waals surface area contributed by atoms with E-state index >= 15 is 0 Å². The van der Waals surface area contributed by atoms with E-state index in [1.165, 1.54) is 12.1 Å². The van der Waals surface area contributed by atoms with Gasteiger partial charge in [-0.25, -0.2) is 4.39 Å². The molecule has 0 spiro atoms. The molecule has 0 aromatic heterocycles. The van der Waals surface area contributed by atoms with Crippen LogP contribution < -0.4 is 4.90 Å². The standard InChI is InChI=1S/C13H14FNO2/c14-10-1-4-13(9(5-10)6-16)15-11-2-3-12(15)8-17-7-11/h1,4-6,11-12H,2-3,7-8H2. The molecule has 3 nitrogen and oxygen atoms in total. The van der Waals surface area contributed by atoms with Crippen LogP contribution in [-0.4, -0.2) is 31.6 Å². The third-order valence-corrected chi connectivity index (χ3v) is 3.64. The Morgan fingerprint density at radius 3 is 2.65 bits per heavy atom. The van der Waals surface area contributed by atoms with Crippen LogP contribution in [0.15, 0.2) is 18.2 Å². The average Bonchev–Trinajstić information content (AvgIpc) is 2.59. The van der Waals surface area contributed by atoms with E-state index in [2.05, 4.69) is 4.90 Å². The Labute approximate surface area is 99.2 Å². The van der Waals surface area contributed by atoms with Gasteiger partial charge in [0.15, 0.2) is 6.29 Å². The summed E-state index contributed by atoms with van der Waals surface area (Å²) in [4.78, 5) is 13.3. The van der Waals surface area contributed by atoms with Gasteiger partial charge >= 0.3 is 0 Å². The van der Waals surface area contributed by atoms with Gasteiger partial charge in [0.25, 0.3) is 0 Å². The Balaban J connectivity index is 2.01. The zero-order chi connectivity index (χ0) is 11.8. The summed E-state index contributed by atoms with van der Waals surface area (Å²) < 4.78 is 18.6. The van der Waals surface area contributed by atoms with E-state index in [1.54, 1.807) is 6.07 Å². The molecule has 2 saturated heterocycles. The number of aldehydes is 1. The van der Waals surface area contributed by atoms with Crippen molar-refractivity contribution in [3.05, 3.63) is 29.6 Å². The molecule has 2 aliphatic heterocycles. The number of carbonyl (C=O) groups is 1. The number of ether oxygens (including phenoxy) is 1. The molecule has 4 heteroatoms. The average molecular weight is 235 g/mol. The minimum atomic E-state index is -0.364. The molecule has 2 aliphatic rings. The molecule has 90 valence electrons. The normalized spacial score (nSPS) is 27.2. The highest BCUT2D eigenvalue weighted by Crippen LogP contribution is 2.35. The first kappa shape index (κ1) is 10.7. The zero-order valence-electron chi connectivity index (χ0n) is 9.43. The minimum absolute atomic E-state index is 0.331. The number of rotatable bonds is 2.